The zero-order chi connectivity index (χ0) is 10.6. The Bertz CT molecular complexity index is 180. The molecule has 6 nitrogen and oxygen atoms in total. The van der Waals surface area contributed by atoms with E-state index in [4.69, 9.17) is 15.3 Å². The first-order chi connectivity index (χ1) is 5.83. The normalized spacial score (nSPS) is 20.4. The molecule has 0 aliphatic rings. The Hall–Kier alpha value is -0.690. The van der Waals surface area contributed by atoms with Gasteiger partial charge in [-0.15, -0.1) is 0 Å². The zero-order valence-corrected chi connectivity index (χ0v) is 7.47. The average Bonchev–Trinajstić information content (AvgIpc) is 2.03. The Kier molecular flexibility index (Phi) is 4.28. The molecule has 0 heterocycles. The SMILES string of the molecule is CO[C@@](O)(C[C@H](O)[C@@H](C)O)C(=O)O. The number of aliphatic hydroxyl groups excluding tert-OH is 2. The van der Waals surface area contributed by atoms with Crippen LogP contribution in [0.2, 0.25) is 0 Å². The van der Waals surface area contributed by atoms with E-state index in [1.54, 1.807) is 0 Å². The predicted molar refractivity (Wildman–Crippen MR) is 41.9 cm³/mol. The van der Waals surface area contributed by atoms with Gasteiger partial charge >= 0.3 is 5.97 Å². The van der Waals surface area contributed by atoms with Crippen molar-refractivity contribution in [1.29, 1.82) is 0 Å². The van der Waals surface area contributed by atoms with Crippen LogP contribution in [-0.2, 0) is 9.53 Å². The largest absolute Gasteiger partial charge is 0.477 e. The molecule has 0 unspecified atom stereocenters. The highest BCUT2D eigenvalue weighted by atomic mass is 16.6. The summed E-state index contributed by atoms with van der Waals surface area (Å²) in [6, 6.07) is 0. The molecular formula is C7H14O6. The fourth-order valence-corrected chi connectivity index (χ4v) is 0.712. The number of ether oxygens (including phenoxy) is 1. The van der Waals surface area contributed by atoms with Crippen LogP contribution in [0.3, 0.4) is 0 Å². The minimum absolute atomic E-state index is 0.587. The van der Waals surface area contributed by atoms with Crippen LogP contribution in [0.1, 0.15) is 13.3 Å². The second-order valence-electron chi connectivity index (χ2n) is 2.81. The van der Waals surface area contributed by atoms with Crippen LogP contribution >= 0.6 is 0 Å². The van der Waals surface area contributed by atoms with Crippen molar-refractivity contribution >= 4 is 5.97 Å². The van der Waals surface area contributed by atoms with Gasteiger partial charge in [-0.3, -0.25) is 0 Å². The van der Waals surface area contributed by atoms with Gasteiger partial charge in [0.25, 0.3) is 5.79 Å². The molecule has 0 amide bonds. The molecule has 0 aliphatic heterocycles. The number of carbonyl (C=O) groups is 1. The van der Waals surface area contributed by atoms with E-state index in [-0.39, 0.29) is 0 Å². The van der Waals surface area contributed by atoms with Crippen LogP contribution in [0.25, 0.3) is 0 Å². The van der Waals surface area contributed by atoms with Crippen molar-refractivity contribution in [1.82, 2.24) is 0 Å². The monoisotopic (exact) mass is 194 g/mol. The summed E-state index contributed by atoms with van der Waals surface area (Å²) in [4.78, 5) is 10.4. The Balaban J connectivity index is 4.36. The minimum atomic E-state index is -2.45. The van der Waals surface area contributed by atoms with Crippen molar-refractivity contribution in [2.45, 2.75) is 31.3 Å². The standard InChI is InChI=1S/C7H14O6/c1-4(8)5(9)3-7(12,13-2)6(10)11/h4-5,8-9,12H,3H2,1-2H3,(H,10,11)/t4-,5+,7+/m1/s1. The van der Waals surface area contributed by atoms with Gasteiger partial charge < -0.3 is 25.2 Å². The first-order valence-electron chi connectivity index (χ1n) is 3.70. The lowest BCUT2D eigenvalue weighted by molar-refractivity contribution is -0.226. The summed E-state index contributed by atoms with van der Waals surface area (Å²) in [5.74, 6) is -4.05. The highest BCUT2D eigenvalue weighted by molar-refractivity contribution is 5.75. The maximum absolute atomic E-state index is 10.4. The van der Waals surface area contributed by atoms with E-state index >= 15 is 0 Å². The summed E-state index contributed by atoms with van der Waals surface area (Å²) in [5.41, 5.74) is 0. The topological polar surface area (TPSA) is 107 Å². The summed E-state index contributed by atoms with van der Waals surface area (Å²) in [7, 11) is 1.00. The van der Waals surface area contributed by atoms with Crippen molar-refractivity contribution < 1.29 is 30.0 Å². The first-order valence-corrected chi connectivity index (χ1v) is 3.70. The molecule has 4 N–H and O–H groups in total. The molecule has 0 saturated heterocycles. The van der Waals surface area contributed by atoms with Gasteiger partial charge in [0.1, 0.15) is 0 Å². The molecule has 0 aliphatic carbocycles. The predicted octanol–water partition coefficient (Wildman–Crippen LogP) is -1.46. The number of hydrogen-bond acceptors (Lipinski definition) is 5. The molecular weight excluding hydrogens is 180 g/mol. The van der Waals surface area contributed by atoms with E-state index in [0.717, 1.165) is 7.11 Å². The summed E-state index contributed by atoms with van der Waals surface area (Å²) in [6.45, 7) is 1.28. The molecule has 0 aromatic heterocycles. The van der Waals surface area contributed by atoms with E-state index in [0.29, 0.717) is 0 Å². The molecule has 0 fully saturated rings. The third-order valence-corrected chi connectivity index (χ3v) is 1.71. The second-order valence-corrected chi connectivity index (χ2v) is 2.81. The zero-order valence-electron chi connectivity index (χ0n) is 7.47. The van der Waals surface area contributed by atoms with Crippen LogP contribution in [0.5, 0.6) is 0 Å². The van der Waals surface area contributed by atoms with Crippen LogP contribution < -0.4 is 0 Å². The molecule has 3 atom stereocenters. The fourth-order valence-electron chi connectivity index (χ4n) is 0.712. The van der Waals surface area contributed by atoms with E-state index in [9.17, 15) is 9.90 Å². The van der Waals surface area contributed by atoms with Crippen LogP contribution in [0, 0.1) is 0 Å². The number of methoxy groups -OCH3 is 1. The quantitative estimate of drug-likeness (QED) is 0.398. The molecule has 78 valence electrons. The van der Waals surface area contributed by atoms with Gasteiger partial charge in [-0.05, 0) is 6.92 Å². The van der Waals surface area contributed by atoms with E-state index < -0.39 is 30.4 Å². The lowest BCUT2D eigenvalue weighted by Gasteiger charge is -2.25. The van der Waals surface area contributed by atoms with E-state index in [2.05, 4.69) is 4.74 Å². The third-order valence-electron chi connectivity index (χ3n) is 1.71. The van der Waals surface area contributed by atoms with Gasteiger partial charge in [0.05, 0.1) is 12.2 Å². The van der Waals surface area contributed by atoms with Crippen LogP contribution in [0.15, 0.2) is 0 Å². The van der Waals surface area contributed by atoms with Crippen molar-refractivity contribution in [3.63, 3.8) is 0 Å². The molecule has 0 aromatic rings. The highest BCUT2D eigenvalue weighted by Crippen LogP contribution is 2.16. The average molecular weight is 194 g/mol. The lowest BCUT2D eigenvalue weighted by Crippen LogP contribution is -2.45. The van der Waals surface area contributed by atoms with Crippen LogP contribution in [-0.4, -0.2) is 51.5 Å². The molecule has 0 aromatic carbocycles. The molecule has 6 heteroatoms. The van der Waals surface area contributed by atoms with E-state index in [1.807, 2.05) is 0 Å². The number of rotatable bonds is 5. The molecule has 0 spiro atoms. The molecule has 0 saturated carbocycles. The molecule has 13 heavy (non-hydrogen) atoms. The highest BCUT2D eigenvalue weighted by Gasteiger charge is 2.39. The van der Waals surface area contributed by atoms with Gasteiger partial charge in [-0.1, -0.05) is 0 Å². The van der Waals surface area contributed by atoms with Gasteiger partial charge in [0.15, 0.2) is 0 Å². The fraction of sp³-hybridized carbons (Fsp3) is 0.857. The van der Waals surface area contributed by atoms with Crippen molar-refractivity contribution in [2.75, 3.05) is 7.11 Å². The Labute approximate surface area is 75.4 Å². The van der Waals surface area contributed by atoms with Crippen molar-refractivity contribution in [2.24, 2.45) is 0 Å². The van der Waals surface area contributed by atoms with Crippen molar-refractivity contribution in [3.05, 3.63) is 0 Å². The summed E-state index contributed by atoms with van der Waals surface area (Å²) >= 11 is 0. The molecule has 0 radical (unpaired) electrons. The Morgan fingerprint density at radius 2 is 2.00 bits per heavy atom. The number of carboxylic acid groups (broad SMARTS) is 1. The Morgan fingerprint density at radius 3 is 2.23 bits per heavy atom. The van der Waals surface area contributed by atoms with Gasteiger partial charge in [0.2, 0.25) is 0 Å². The van der Waals surface area contributed by atoms with Gasteiger partial charge in [-0.2, -0.15) is 0 Å². The number of aliphatic hydroxyl groups is 3. The lowest BCUT2D eigenvalue weighted by atomic mass is 10.1. The van der Waals surface area contributed by atoms with E-state index in [1.165, 1.54) is 6.92 Å². The maximum Gasteiger partial charge on any atom is 0.364 e. The second kappa shape index (κ2) is 4.52. The van der Waals surface area contributed by atoms with Crippen molar-refractivity contribution in [3.8, 4) is 0 Å². The number of hydrogen-bond donors (Lipinski definition) is 4. The summed E-state index contributed by atoms with van der Waals surface area (Å²) < 4.78 is 4.30. The molecule has 0 rings (SSSR count). The summed E-state index contributed by atoms with van der Waals surface area (Å²) in [5, 5.41) is 35.7. The number of carboxylic acids is 1. The minimum Gasteiger partial charge on any atom is -0.477 e. The first kappa shape index (κ1) is 12.3. The summed E-state index contributed by atoms with van der Waals surface area (Å²) in [6.07, 6.45) is -3.06. The van der Waals surface area contributed by atoms with Gasteiger partial charge in [0, 0.05) is 13.5 Å². The van der Waals surface area contributed by atoms with Gasteiger partial charge in [-0.25, -0.2) is 4.79 Å². The smallest absolute Gasteiger partial charge is 0.364 e. The Morgan fingerprint density at radius 1 is 1.54 bits per heavy atom. The number of aliphatic carboxylic acids is 1. The maximum atomic E-state index is 10.4. The molecule has 0 bridgehead atoms. The third kappa shape index (κ3) is 3.27. The van der Waals surface area contributed by atoms with Crippen LogP contribution in [0.4, 0.5) is 0 Å².